The van der Waals surface area contributed by atoms with Crippen LogP contribution in [0.15, 0.2) is 60.7 Å². The van der Waals surface area contributed by atoms with Gasteiger partial charge in [0.05, 0.1) is 64.7 Å². The van der Waals surface area contributed by atoms with E-state index < -0.39 is 0 Å². The quantitative estimate of drug-likeness (QED) is 0.122. The molecule has 0 amide bonds. The first-order chi connectivity index (χ1) is 21.3. The second-order valence-electron chi connectivity index (χ2n) is 10.6. The second-order valence-corrected chi connectivity index (χ2v) is 10.6. The summed E-state index contributed by atoms with van der Waals surface area (Å²) in [5.74, 6) is -0.519. The zero-order valence-corrected chi connectivity index (χ0v) is 26.5. The molecule has 0 aromatic heterocycles. The van der Waals surface area contributed by atoms with E-state index in [2.05, 4.69) is 0 Å². The molecule has 44 heavy (non-hydrogen) atoms. The lowest BCUT2D eigenvalue weighted by atomic mass is 9.98. The summed E-state index contributed by atoms with van der Waals surface area (Å²) < 4.78 is 37.8. The van der Waals surface area contributed by atoms with Crippen LogP contribution in [-0.4, -0.2) is 85.1 Å². The van der Waals surface area contributed by atoms with E-state index in [1.54, 1.807) is 14.2 Å². The molecule has 9 nitrogen and oxygen atoms in total. The van der Waals surface area contributed by atoms with Crippen molar-refractivity contribution < 1.29 is 42.7 Å². The third kappa shape index (κ3) is 11.5. The van der Waals surface area contributed by atoms with Gasteiger partial charge in [-0.25, -0.2) is 0 Å². The van der Waals surface area contributed by atoms with Crippen LogP contribution in [0.3, 0.4) is 0 Å². The zero-order chi connectivity index (χ0) is 31.7. The van der Waals surface area contributed by atoms with Crippen LogP contribution in [0.25, 0.3) is 10.8 Å². The van der Waals surface area contributed by atoms with Gasteiger partial charge in [0.15, 0.2) is 0 Å². The first-order valence-electron chi connectivity index (χ1n) is 15.1. The Morgan fingerprint density at radius 3 is 1.61 bits per heavy atom. The topological polar surface area (TPSA) is 98.8 Å². The molecule has 0 aliphatic rings. The van der Waals surface area contributed by atoms with Crippen LogP contribution < -0.4 is 4.74 Å². The minimum Gasteiger partial charge on any atom is -0.497 e. The zero-order valence-electron chi connectivity index (χ0n) is 26.5. The highest BCUT2D eigenvalue weighted by Crippen LogP contribution is 2.26. The number of benzene rings is 3. The Morgan fingerprint density at radius 1 is 0.591 bits per heavy atom. The van der Waals surface area contributed by atoms with Crippen LogP contribution in [0.1, 0.15) is 49.3 Å². The second kappa shape index (κ2) is 19.0. The van der Waals surface area contributed by atoms with Crippen LogP contribution in [-0.2, 0) is 44.4 Å². The number of esters is 2. The molecule has 0 N–H and O–H groups in total. The molecule has 0 saturated carbocycles. The molecule has 0 aliphatic carbocycles. The highest BCUT2D eigenvalue weighted by atomic mass is 16.6. The van der Waals surface area contributed by atoms with Crippen molar-refractivity contribution in [1.82, 2.24) is 0 Å². The van der Waals surface area contributed by atoms with Gasteiger partial charge in [0.2, 0.25) is 0 Å². The lowest BCUT2D eigenvalue weighted by molar-refractivity contribution is -0.147. The van der Waals surface area contributed by atoms with Gasteiger partial charge in [-0.2, -0.15) is 0 Å². The summed E-state index contributed by atoms with van der Waals surface area (Å²) in [5, 5.41) is 2.09. The molecule has 0 radical (unpaired) electrons. The molecule has 3 aromatic rings. The van der Waals surface area contributed by atoms with Gasteiger partial charge in [0.1, 0.15) is 19.0 Å². The van der Waals surface area contributed by atoms with Crippen molar-refractivity contribution in [2.24, 2.45) is 0 Å². The van der Waals surface area contributed by atoms with Gasteiger partial charge in [-0.1, -0.05) is 48.5 Å². The lowest BCUT2D eigenvalue weighted by Crippen LogP contribution is -2.18. The van der Waals surface area contributed by atoms with Crippen LogP contribution in [0.2, 0.25) is 0 Å². The molecule has 3 rings (SSSR count). The molecule has 0 spiro atoms. The molecular formula is C35H46O9. The van der Waals surface area contributed by atoms with Crippen molar-refractivity contribution in [2.45, 2.75) is 45.1 Å². The van der Waals surface area contributed by atoms with Gasteiger partial charge in [0.25, 0.3) is 0 Å². The highest BCUT2D eigenvalue weighted by molar-refractivity contribution is 5.86. The summed E-state index contributed by atoms with van der Waals surface area (Å²) in [6.07, 6.45) is 0.972. The number of hydrogen-bond acceptors (Lipinski definition) is 9. The molecule has 3 aromatic carbocycles. The first-order valence-corrected chi connectivity index (χ1v) is 15.1. The van der Waals surface area contributed by atoms with Crippen LogP contribution in [0.4, 0.5) is 0 Å². The third-order valence-electron chi connectivity index (χ3n) is 7.37. The molecule has 0 bridgehead atoms. The molecule has 3 unspecified atom stereocenters. The predicted octanol–water partition coefficient (Wildman–Crippen LogP) is 5.47. The Kier molecular flexibility index (Phi) is 15.1. The van der Waals surface area contributed by atoms with Crippen molar-refractivity contribution in [3.63, 3.8) is 0 Å². The van der Waals surface area contributed by atoms with E-state index in [1.165, 1.54) is 0 Å². The van der Waals surface area contributed by atoms with E-state index in [0.29, 0.717) is 33.0 Å². The number of fused-ring (bicyclic) bond motifs is 1. The molecule has 9 heteroatoms. The maximum absolute atomic E-state index is 12.5. The summed E-state index contributed by atoms with van der Waals surface area (Å²) in [7, 11) is 3.34. The van der Waals surface area contributed by atoms with Crippen molar-refractivity contribution in [1.29, 1.82) is 0 Å². The van der Waals surface area contributed by atoms with Crippen molar-refractivity contribution in [3.8, 4) is 5.75 Å². The van der Waals surface area contributed by atoms with Gasteiger partial charge < -0.3 is 33.2 Å². The third-order valence-corrected chi connectivity index (χ3v) is 7.37. The maximum atomic E-state index is 12.5. The van der Waals surface area contributed by atoms with Gasteiger partial charge in [0, 0.05) is 7.11 Å². The fourth-order valence-corrected chi connectivity index (χ4v) is 4.46. The number of rotatable bonds is 20. The SMILES string of the molecule is COc1ccc2cc(C(C)C(=O)OCCOCCOCCOCCOC(=O)C(C)c3ccc(CC(C)OC)cc3)ccc2c1. The fraction of sp³-hybridized carbons (Fsp3) is 0.486. The monoisotopic (exact) mass is 610 g/mol. The minimum absolute atomic E-state index is 0.147. The Balaban J connectivity index is 1.17. The van der Waals surface area contributed by atoms with Crippen LogP contribution in [0, 0.1) is 0 Å². The average Bonchev–Trinajstić information content (AvgIpc) is 3.05. The Bertz CT molecular complexity index is 1290. The van der Waals surface area contributed by atoms with Gasteiger partial charge >= 0.3 is 11.9 Å². The molecule has 3 atom stereocenters. The number of hydrogen-bond donors (Lipinski definition) is 0. The predicted molar refractivity (Wildman–Crippen MR) is 168 cm³/mol. The fourth-order valence-electron chi connectivity index (χ4n) is 4.46. The normalized spacial score (nSPS) is 13.3. The highest BCUT2D eigenvalue weighted by Gasteiger charge is 2.18. The van der Waals surface area contributed by atoms with E-state index in [4.69, 9.17) is 33.2 Å². The maximum Gasteiger partial charge on any atom is 0.313 e. The molecule has 0 fully saturated rings. The smallest absolute Gasteiger partial charge is 0.313 e. The summed E-state index contributed by atoms with van der Waals surface area (Å²) in [4.78, 5) is 24.8. The Labute approximate surface area is 260 Å². The molecule has 0 aliphatic heterocycles. The lowest BCUT2D eigenvalue weighted by Gasteiger charge is -2.14. The van der Waals surface area contributed by atoms with Gasteiger partial charge in [-0.05, 0) is 66.8 Å². The van der Waals surface area contributed by atoms with E-state index in [9.17, 15) is 9.59 Å². The molecule has 0 heterocycles. The number of carbonyl (C=O) groups is 2. The Morgan fingerprint density at radius 2 is 1.07 bits per heavy atom. The van der Waals surface area contributed by atoms with Crippen molar-refractivity contribution >= 4 is 22.7 Å². The Hall–Kier alpha value is -3.50. The number of ether oxygens (including phenoxy) is 7. The van der Waals surface area contributed by atoms with Crippen LogP contribution >= 0.6 is 0 Å². The van der Waals surface area contributed by atoms with Crippen molar-refractivity contribution in [2.75, 3.05) is 67.1 Å². The minimum atomic E-state index is -0.385. The van der Waals surface area contributed by atoms with E-state index >= 15 is 0 Å². The van der Waals surface area contributed by atoms with Crippen LogP contribution in [0.5, 0.6) is 5.75 Å². The van der Waals surface area contributed by atoms with E-state index in [0.717, 1.165) is 39.6 Å². The van der Waals surface area contributed by atoms with Crippen molar-refractivity contribution in [3.05, 3.63) is 77.4 Å². The van der Waals surface area contributed by atoms with Gasteiger partial charge in [-0.3, -0.25) is 9.59 Å². The van der Waals surface area contributed by atoms with E-state index in [1.807, 2.05) is 81.4 Å². The number of methoxy groups -OCH3 is 2. The largest absolute Gasteiger partial charge is 0.497 e. The summed E-state index contributed by atoms with van der Waals surface area (Å²) in [6.45, 7) is 8.18. The van der Waals surface area contributed by atoms with Gasteiger partial charge in [-0.15, -0.1) is 0 Å². The molecule has 240 valence electrons. The molecular weight excluding hydrogens is 564 g/mol. The van der Waals surface area contributed by atoms with E-state index in [-0.39, 0.29) is 49.7 Å². The average molecular weight is 611 g/mol. The number of carbonyl (C=O) groups excluding carboxylic acids is 2. The summed E-state index contributed by atoms with van der Waals surface area (Å²) in [6, 6.07) is 19.7. The molecule has 0 saturated heterocycles. The summed E-state index contributed by atoms with van der Waals surface area (Å²) in [5.41, 5.74) is 2.97. The first kappa shape index (κ1) is 35.0. The summed E-state index contributed by atoms with van der Waals surface area (Å²) >= 11 is 0. The standard InChI is InChI=1S/C35H46O9/c1-25(38-4)22-28-6-8-29(9-7-28)26(2)34(36)43-20-18-41-16-14-40-15-17-42-19-21-44-35(37)27(3)30-10-11-32-24-33(39-5)13-12-31(32)23-30/h6-13,23-27H,14-22H2,1-5H3.